The second-order valence-corrected chi connectivity index (χ2v) is 6.74. The zero-order valence-electron chi connectivity index (χ0n) is 10.5. The summed E-state index contributed by atoms with van der Waals surface area (Å²) in [6.45, 7) is 8.50. The van der Waals surface area contributed by atoms with Gasteiger partial charge in [-0.15, -0.1) is 0 Å². The van der Waals surface area contributed by atoms with Crippen LogP contribution >= 0.6 is 31.9 Å². The highest BCUT2D eigenvalue weighted by atomic mass is 79.9. The van der Waals surface area contributed by atoms with Crippen molar-refractivity contribution in [3.63, 3.8) is 0 Å². The first-order valence-electron chi connectivity index (χ1n) is 5.73. The lowest BCUT2D eigenvalue weighted by Gasteiger charge is -2.23. The largest absolute Gasteiger partial charge is 0.506 e. The molecule has 0 aliphatic rings. The topological polar surface area (TPSA) is 32.3 Å². The molecule has 0 unspecified atom stereocenters. The third-order valence-corrected chi connectivity index (χ3v) is 4.18. The molecule has 0 spiro atoms. The molecule has 0 saturated carbocycles. The van der Waals surface area contributed by atoms with Gasteiger partial charge in [0.15, 0.2) is 0 Å². The molecule has 0 aromatic heterocycles. The minimum atomic E-state index is 0.252. The summed E-state index contributed by atoms with van der Waals surface area (Å²) in [6.07, 6.45) is 1.16. The van der Waals surface area contributed by atoms with Crippen molar-refractivity contribution in [2.45, 2.75) is 33.7 Å². The van der Waals surface area contributed by atoms with E-state index in [0.717, 1.165) is 34.0 Å². The summed E-state index contributed by atoms with van der Waals surface area (Å²) in [5.41, 5.74) is 1.47. The second-order valence-electron chi connectivity index (χ2n) is 5.03. The van der Waals surface area contributed by atoms with Crippen molar-refractivity contribution in [1.82, 2.24) is 5.32 Å². The van der Waals surface area contributed by atoms with Gasteiger partial charge in [-0.25, -0.2) is 0 Å². The predicted octanol–water partition coefficient (Wildman–Crippen LogP) is 4.44. The fourth-order valence-corrected chi connectivity index (χ4v) is 2.67. The van der Waals surface area contributed by atoms with Crippen LogP contribution in [0, 0.1) is 5.41 Å². The van der Waals surface area contributed by atoms with Gasteiger partial charge in [0.25, 0.3) is 0 Å². The van der Waals surface area contributed by atoms with Gasteiger partial charge in [-0.2, -0.15) is 0 Å². The molecule has 4 heteroatoms. The first kappa shape index (κ1) is 15.0. The second kappa shape index (κ2) is 6.21. The van der Waals surface area contributed by atoms with Crippen molar-refractivity contribution >= 4 is 31.9 Å². The fraction of sp³-hybridized carbons (Fsp3) is 0.538. The van der Waals surface area contributed by atoms with E-state index in [0.29, 0.717) is 5.41 Å². The Morgan fingerprint density at radius 3 is 2.24 bits per heavy atom. The lowest BCUT2D eigenvalue weighted by Crippen LogP contribution is -2.28. The highest BCUT2D eigenvalue weighted by Crippen LogP contribution is 2.33. The number of nitrogens with one attached hydrogen (secondary N) is 1. The van der Waals surface area contributed by atoms with Gasteiger partial charge in [0.2, 0.25) is 0 Å². The summed E-state index contributed by atoms with van der Waals surface area (Å²) < 4.78 is 1.44. The molecule has 0 aliphatic heterocycles. The summed E-state index contributed by atoms with van der Waals surface area (Å²) in [4.78, 5) is 0. The van der Waals surface area contributed by atoms with E-state index in [9.17, 15) is 5.11 Å². The zero-order valence-corrected chi connectivity index (χ0v) is 13.7. The normalized spacial score (nSPS) is 11.8. The van der Waals surface area contributed by atoms with Crippen LogP contribution in [-0.4, -0.2) is 11.7 Å². The van der Waals surface area contributed by atoms with Crippen LogP contribution in [0.5, 0.6) is 5.75 Å². The number of halogens is 2. The van der Waals surface area contributed by atoms with E-state index in [1.807, 2.05) is 12.1 Å². The van der Waals surface area contributed by atoms with E-state index in [1.165, 1.54) is 0 Å². The summed E-state index contributed by atoms with van der Waals surface area (Å²) in [7, 11) is 0. The number of phenolic OH excluding ortho intramolecular Hbond substituents is 1. The van der Waals surface area contributed by atoms with Gasteiger partial charge < -0.3 is 10.4 Å². The number of aromatic hydroxyl groups is 1. The third-order valence-electron chi connectivity index (χ3n) is 2.97. The predicted molar refractivity (Wildman–Crippen MR) is 79.3 cm³/mol. The zero-order chi connectivity index (χ0) is 13.1. The smallest absolute Gasteiger partial charge is 0.143 e. The maximum absolute atomic E-state index is 9.61. The Morgan fingerprint density at radius 2 is 1.76 bits per heavy atom. The Morgan fingerprint density at radius 1 is 1.24 bits per heavy atom. The average Bonchev–Trinajstić information content (AvgIpc) is 2.25. The van der Waals surface area contributed by atoms with Gasteiger partial charge in [0.1, 0.15) is 5.75 Å². The number of benzene rings is 1. The molecule has 96 valence electrons. The number of phenols is 1. The van der Waals surface area contributed by atoms with Crippen LogP contribution in [0.2, 0.25) is 0 Å². The summed E-state index contributed by atoms with van der Waals surface area (Å²) in [5.74, 6) is 0.252. The maximum atomic E-state index is 9.61. The van der Waals surface area contributed by atoms with Crippen molar-refractivity contribution in [1.29, 1.82) is 0 Å². The van der Waals surface area contributed by atoms with Crippen molar-refractivity contribution < 1.29 is 5.11 Å². The van der Waals surface area contributed by atoms with E-state index in [1.54, 1.807) is 0 Å². The molecule has 17 heavy (non-hydrogen) atoms. The number of rotatable bonds is 5. The molecule has 0 heterocycles. The molecule has 1 aromatic carbocycles. The minimum absolute atomic E-state index is 0.252. The Labute approximate surface area is 120 Å². The third kappa shape index (κ3) is 4.60. The Hall–Kier alpha value is -0.0600. The molecule has 0 bridgehead atoms. The summed E-state index contributed by atoms with van der Waals surface area (Å²) in [5, 5.41) is 13.1. The SMILES string of the molecule is CCC(C)(C)CNCc1cc(Br)c(O)c(Br)c1. The molecule has 2 nitrogen and oxygen atoms in total. The Bertz CT molecular complexity index is 368. The highest BCUT2D eigenvalue weighted by Gasteiger charge is 2.14. The van der Waals surface area contributed by atoms with E-state index >= 15 is 0 Å². The quantitative estimate of drug-likeness (QED) is 0.809. The van der Waals surface area contributed by atoms with Crippen molar-refractivity contribution in [3.05, 3.63) is 26.6 Å². The molecular formula is C13H19Br2NO. The molecule has 1 rings (SSSR count). The first-order chi connectivity index (χ1) is 7.85. The molecule has 0 amide bonds. The van der Waals surface area contributed by atoms with Crippen molar-refractivity contribution in [3.8, 4) is 5.75 Å². The molecular weight excluding hydrogens is 346 g/mol. The molecule has 2 N–H and O–H groups in total. The summed E-state index contributed by atoms with van der Waals surface area (Å²) >= 11 is 6.67. The van der Waals surface area contributed by atoms with Crippen molar-refractivity contribution in [2.24, 2.45) is 5.41 Å². The number of hydrogen-bond acceptors (Lipinski definition) is 2. The van der Waals surface area contributed by atoms with Crippen LogP contribution in [0.1, 0.15) is 32.8 Å². The van der Waals surface area contributed by atoms with Gasteiger partial charge >= 0.3 is 0 Å². The molecule has 1 aromatic rings. The van der Waals surface area contributed by atoms with E-state index in [4.69, 9.17) is 0 Å². The minimum Gasteiger partial charge on any atom is -0.506 e. The molecule has 0 aliphatic carbocycles. The number of hydrogen-bond donors (Lipinski definition) is 2. The van der Waals surface area contributed by atoms with Crippen LogP contribution in [0.4, 0.5) is 0 Å². The van der Waals surface area contributed by atoms with Gasteiger partial charge in [-0.3, -0.25) is 0 Å². The lowest BCUT2D eigenvalue weighted by molar-refractivity contribution is 0.327. The molecule has 0 atom stereocenters. The van der Waals surface area contributed by atoms with E-state index in [2.05, 4.69) is 57.9 Å². The van der Waals surface area contributed by atoms with Crippen LogP contribution in [-0.2, 0) is 6.54 Å². The van der Waals surface area contributed by atoms with Crippen LogP contribution in [0.3, 0.4) is 0 Å². The Kier molecular flexibility index (Phi) is 5.48. The van der Waals surface area contributed by atoms with E-state index in [-0.39, 0.29) is 5.75 Å². The maximum Gasteiger partial charge on any atom is 0.143 e. The van der Waals surface area contributed by atoms with E-state index < -0.39 is 0 Å². The average molecular weight is 365 g/mol. The summed E-state index contributed by atoms with van der Waals surface area (Å²) in [6, 6.07) is 3.87. The molecule has 0 radical (unpaired) electrons. The standard InChI is InChI=1S/C13H19Br2NO/c1-4-13(2,3)8-16-7-9-5-10(14)12(17)11(15)6-9/h5-6,16-17H,4,7-8H2,1-3H3. The fourth-order valence-electron chi connectivity index (χ4n) is 1.39. The molecule has 0 fully saturated rings. The van der Waals surface area contributed by atoms with Gasteiger partial charge in [-0.05, 0) is 61.4 Å². The van der Waals surface area contributed by atoms with Crippen LogP contribution < -0.4 is 5.32 Å². The van der Waals surface area contributed by atoms with Gasteiger partial charge in [0, 0.05) is 13.1 Å². The highest BCUT2D eigenvalue weighted by molar-refractivity contribution is 9.11. The van der Waals surface area contributed by atoms with Crippen LogP contribution in [0.15, 0.2) is 21.1 Å². The first-order valence-corrected chi connectivity index (χ1v) is 7.32. The van der Waals surface area contributed by atoms with Gasteiger partial charge in [-0.1, -0.05) is 20.8 Å². The molecule has 0 saturated heterocycles. The van der Waals surface area contributed by atoms with Crippen LogP contribution in [0.25, 0.3) is 0 Å². The lowest BCUT2D eigenvalue weighted by atomic mass is 9.90. The Balaban J connectivity index is 2.59. The monoisotopic (exact) mass is 363 g/mol. The van der Waals surface area contributed by atoms with Gasteiger partial charge in [0.05, 0.1) is 8.95 Å². The van der Waals surface area contributed by atoms with Crippen molar-refractivity contribution in [2.75, 3.05) is 6.54 Å².